The second-order valence-corrected chi connectivity index (χ2v) is 10.2. The number of H-pyrrole nitrogens is 1. The van der Waals surface area contributed by atoms with Crippen LogP contribution in [-0.4, -0.2) is 83.7 Å². The van der Waals surface area contributed by atoms with E-state index >= 15 is 0 Å². The largest absolute Gasteiger partial charge is 0.379 e. The molecule has 3 aromatic rings. The Morgan fingerprint density at radius 2 is 1.76 bits per heavy atom. The Hall–Kier alpha value is -1.95. The molecule has 0 spiro atoms. The van der Waals surface area contributed by atoms with Gasteiger partial charge >= 0.3 is 0 Å². The Bertz CT molecular complexity index is 1280. The first-order valence-electron chi connectivity index (χ1n) is 12.3. The summed E-state index contributed by atoms with van der Waals surface area (Å²) in [5.41, 5.74) is 2.81. The van der Waals surface area contributed by atoms with Gasteiger partial charge in [0, 0.05) is 71.5 Å². The van der Waals surface area contributed by atoms with E-state index in [2.05, 4.69) is 51.0 Å². The van der Waals surface area contributed by atoms with Crippen molar-refractivity contribution in [2.24, 2.45) is 0 Å². The average molecular weight is 598 g/mol. The Labute approximate surface area is 246 Å². The lowest BCUT2D eigenvalue weighted by molar-refractivity contribution is -0.0328. The van der Waals surface area contributed by atoms with Crippen molar-refractivity contribution in [3.05, 3.63) is 69.8 Å². The molecule has 0 aliphatic carbocycles. The quantitative estimate of drug-likeness (QED) is 0.402. The predicted molar refractivity (Wildman–Crippen MR) is 159 cm³/mol. The zero-order chi connectivity index (χ0) is 25.1. The van der Waals surface area contributed by atoms with Gasteiger partial charge in [0.15, 0.2) is 0 Å². The Kier molecular flexibility index (Phi) is 11.2. The van der Waals surface area contributed by atoms with Gasteiger partial charge in [0.1, 0.15) is 6.17 Å². The van der Waals surface area contributed by atoms with E-state index in [1.807, 2.05) is 17.9 Å². The van der Waals surface area contributed by atoms with E-state index in [1.165, 1.54) is 10.9 Å². The molecule has 2 saturated heterocycles. The summed E-state index contributed by atoms with van der Waals surface area (Å²) in [4.78, 5) is 23.9. The van der Waals surface area contributed by atoms with Crippen molar-refractivity contribution in [1.29, 1.82) is 0 Å². The van der Waals surface area contributed by atoms with Crippen LogP contribution in [-0.2, 0) is 11.2 Å². The molecule has 2 fully saturated rings. The van der Waals surface area contributed by atoms with Gasteiger partial charge < -0.3 is 14.6 Å². The third-order valence-corrected chi connectivity index (χ3v) is 7.46. The van der Waals surface area contributed by atoms with E-state index in [0.717, 1.165) is 38.1 Å². The SMILES string of the molecule is CC#CC(N1CCOCC1)N1CCN(C(=O)c2cc(Cl)cc(Cl)c2)[C@H](Cc2c[nH]c3ccccc23)C1.Cl.Cl. The minimum Gasteiger partial charge on any atom is -0.379 e. The number of ether oxygens (including phenoxy) is 1. The van der Waals surface area contributed by atoms with Gasteiger partial charge in [-0.15, -0.1) is 30.7 Å². The number of fused-ring (bicyclic) bond motifs is 1. The van der Waals surface area contributed by atoms with E-state index in [0.29, 0.717) is 35.4 Å². The van der Waals surface area contributed by atoms with Crippen molar-refractivity contribution >= 4 is 64.8 Å². The van der Waals surface area contributed by atoms with Crippen molar-refractivity contribution in [2.45, 2.75) is 25.6 Å². The molecule has 10 heteroatoms. The molecule has 1 unspecified atom stereocenters. The number of rotatable bonds is 5. The van der Waals surface area contributed by atoms with Gasteiger partial charge in [0.2, 0.25) is 0 Å². The van der Waals surface area contributed by atoms with E-state index < -0.39 is 0 Å². The molecule has 2 atom stereocenters. The summed E-state index contributed by atoms with van der Waals surface area (Å²) in [6, 6.07) is 13.3. The van der Waals surface area contributed by atoms with Crippen molar-refractivity contribution < 1.29 is 9.53 Å². The third-order valence-electron chi connectivity index (χ3n) is 7.03. The van der Waals surface area contributed by atoms with Crippen LogP contribution in [0.2, 0.25) is 10.0 Å². The Morgan fingerprint density at radius 1 is 1.05 bits per heavy atom. The number of hydrogen-bond acceptors (Lipinski definition) is 4. The van der Waals surface area contributed by atoms with Crippen LogP contribution >= 0.6 is 48.0 Å². The van der Waals surface area contributed by atoms with Crippen molar-refractivity contribution in [3.63, 3.8) is 0 Å². The molecule has 38 heavy (non-hydrogen) atoms. The highest BCUT2D eigenvalue weighted by atomic mass is 35.5. The summed E-state index contributed by atoms with van der Waals surface area (Å²) in [6.07, 6.45) is 2.80. The minimum atomic E-state index is -0.0478. The van der Waals surface area contributed by atoms with Gasteiger partial charge in [-0.05, 0) is 43.2 Å². The molecule has 5 rings (SSSR count). The number of aromatic amines is 1. The summed E-state index contributed by atoms with van der Waals surface area (Å²) in [7, 11) is 0. The number of para-hydroxylation sites is 1. The highest BCUT2D eigenvalue weighted by Gasteiger charge is 2.36. The van der Waals surface area contributed by atoms with Gasteiger partial charge in [-0.25, -0.2) is 0 Å². The number of piperazine rings is 1. The van der Waals surface area contributed by atoms with Crippen molar-refractivity contribution in [3.8, 4) is 11.8 Å². The summed E-state index contributed by atoms with van der Waals surface area (Å²) in [5.74, 6) is 6.51. The maximum Gasteiger partial charge on any atom is 0.254 e. The van der Waals surface area contributed by atoms with Crippen LogP contribution in [0.5, 0.6) is 0 Å². The lowest BCUT2D eigenvalue weighted by Crippen LogP contribution is -2.62. The highest BCUT2D eigenvalue weighted by Crippen LogP contribution is 2.27. The number of nitrogens with one attached hydrogen (secondary N) is 1. The van der Waals surface area contributed by atoms with Crippen LogP contribution in [0.1, 0.15) is 22.8 Å². The molecule has 0 bridgehead atoms. The predicted octanol–water partition coefficient (Wildman–Crippen LogP) is 5.37. The van der Waals surface area contributed by atoms with Crippen molar-refractivity contribution in [2.75, 3.05) is 45.9 Å². The molecular weight excluding hydrogens is 566 g/mol. The van der Waals surface area contributed by atoms with E-state index in [-0.39, 0.29) is 42.9 Å². The zero-order valence-corrected chi connectivity index (χ0v) is 24.3. The number of benzene rings is 2. The second-order valence-electron chi connectivity index (χ2n) is 9.29. The molecule has 0 radical (unpaired) electrons. The maximum atomic E-state index is 13.7. The molecule has 1 N–H and O–H groups in total. The molecule has 2 aliphatic rings. The molecule has 3 heterocycles. The first-order chi connectivity index (χ1) is 17.5. The average Bonchev–Trinajstić information content (AvgIpc) is 3.29. The lowest BCUT2D eigenvalue weighted by Gasteiger charge is -2.46. The maximum absolute atomic E-state index is 13.7. The van der Waals surface area contributed by atoms with Crippen LogP contribution in [0.25, 0.3) is 10.9 Å². The normalized spacial score (nSPS) is 19.1. The Balaban J connectivity index is 0.00000200. The number of nitrogens with zero attached hydrogens (tertiary/aromatic N) is 3. The number of hydrogen-bond donors (Lipinski definition) is 1. The van der Waals surface area contributed by atoms with E-state index in [9.17, 15) is 4.79 Å². The summed E-state index contributed by atoms with van der Waals surface area (Å²) < 4.78 is 5.58. The van der Waals surface area contributed by atoms with Gasteiger partial charge in [0.05, 0.1) is 13.2 Å². The molecular formula is C28H32Cl4N4O2. The first-order valence-corrected chi connectivity index (χ1v) is 13.1. The summed E-state index contributed by atoms with van der Waals surface area (Å²) in [6.45, 7) is 7.08. The highest BCUT2D eigenvalue weighted by molar-refractivity contribution is 6.35. The smallest absolute Gasteiger partial charge is 0.254 e. The number of halogens is 4. The summed E-state index contributed by atoms with van der Waals surface area (Å²) in [5, 5.41) is 2.11. The fourth-order valence-corrected chi connectivity index (χ4v) is 5.83. The van der Waals surface area contributed by atoms with E-state index in [1.54, 1.807) is 18.2 Å². The van der Waals surface area contributed by atoms with Crippen LogP contribution < -0.4 is 0 Å². The topological polar surface area (TPSA) is 51.8 Å². The fraction of sp³-hybridized carbons (Fsp3) is 0.393. The van der Waals surface area contributed by atoms with Gasteiger partial charge in [0.25, 0.3) is 5.91 Å². The fourth-order valence-electron chi connectivity index (χ4n) is 5.31. The van der Waals surface area contributed by atoms with Crippen LogP contribution in [0.3, 0.4) is 0 Å². The molecule has 204 valence electrons. The Morgan fingerprint density at radius 3 is 2.47 bits per heavy atom. The number of carbonyl (C=O) groups excluding carboxylic acids is 1. The van der Waals surface area contributed by atoms with Gasteiger partial charge in [-0.2, -0.15) is 0 Å². The van der Waals surface area contributed by atoms with E-state index in [4.69, 9.17) is 27.9 Å². The lowest BCUT2D eigenvalue weighted by atomic mass is 9.99. The third kappa shape index (κ3) is 6.78. The summed E-state index contributed by atoms with van der Waals surface area (Å²) >= 11 is 12.5. The molecule has 1 aromatic heterocycles. The standard InChI is InChI=1S/C28H30Cl2N4O2.2ClH/c1-2-5-27(32-10-12-36-13-11-32)33-8-9-34(28(35)20-14-22(29)17-23(30)15-20)24(19-33)16-21-18-31-26-7-4-3-6-25(21)26;;/h3-4,6-7,14-15,17-18,24,27,31H,8-13,16,19H2,1H3;2*1H/t24-,27?;;/m1../s1. The number of morpholine rings is 1. The second kappa shape index (κ2) is 13.9. The monoisotopic (exact) mass is 596 g/mol. The van der Waals surface area contributed by atoms with Crippen LogP contribution in [0.15, 0.2) is 48.7 Å². The molecule has 0 saturated carbocycles. The minimum absolute atomic E-state index is 0. The molecule has 6 nitrogen and oxygen atoms in total. The number of carbonyl (C=O) groups is 1. The van der Waals surface area contributed by atoms with Crippen molar-refractivity contribution in [1.82, 2.24) is 19.7 Å². The first kappa shape index (κ1) is 30.6. The van der Waals surface area contributed by atoms with Gasteiger partial charge in [-0.1, -0.05) is 47.3 Å². The molecule has 2 aromatic carbocycles. The zero-order valence-electron chi connectivity index (χ0n) is 21.2. The van der Waals surface area contributed by atoms with Crippen LogP contribution in [0.4, 0.5) is 0 Å². The molecule has 1 amide bonds. The number of amides is 1. The number of aromatic nitrogens is 1. The molecule has 2 aliphatic heterocycles. The van der Waals surface area contributed by atoms with Gasteiger partial charge in [-0.3, -0.25) is 14.6 Å². The van der Waals surface area contributed by atoms with Crippen LogP contribution in [0, 0.1) is 11.8 Å².